The lowest BCUT2D eigenvalue weighted by molar-refractivity contribution is -0.166. The number of carbonyl (C=O) groups excluding carboxylic acids is 3. The Balaban J connectivity index is 4.28. The molecule has 0 amide bonds. The number of unbranched alkanes of at least 4 members (excludes halogenated alkanes) is 38. The summed E-state index contributed by atoms with van der Waals surface area (Å²) in [7, 11) is 0. The summed E-state index contributed by atoms with van der Waals surface area (Å²) in [6.45, 7) is 6.48. The molecular formula is C77H134O6. The first-order valence-corrected chi connectivity index (χ1v) is 35.7. The van der Waals surface area contributed by atoms with Gasteiger partial charge in [0.25, 0.3) is 0 Å². The first-order valence-electron chi connectivity index (χ1n) is 35.7. The van der Waals surface area contributed by atoms with Gasteiger partial charge in [-0.25, -0.2) is 0 Å². The van der Waals surface area contributed by atoms with Crippen molar-refractivity contribution in [2.75, 3.05) is 13.2 Å². The number of hydrogen-bond acceptors (Lipinski definition) is 6. The highest BCUT2D eigenvalue weighted by atomic mass is 16.6. The van der Waals surface area contributed by atoms with E-state index in [9.17, 15) is 14.4 Å². The Bertz CT molecular complexity index is 1610. The molecule has 6 nitrogen and oxygen atoms in total. The van der Waals surface area contributed by atoms with E-state index < -0.39 is 6.10 Å². The van der Waals surface area contributed by atoms with Crippen LogP contribution in [0.25, 0.3) is 0 Å². The summed E-state index contributed by atoms with van der Waals surface area (Å²) in [6, 6.07) is 0. The second kappa shape index (κ2) is 70.8. The molecule has 1 atom stereocenters. The minimum atomic E-state index is -0.812. The molecule has 0 aliphatic carbocycles. The molecule has 0 bridgehead atoms. The highest BCUT2D eigenvalue weighted by molar-refractivity contribution is 5.71. The van der Waals surface area contributed by atoms with Crippen LogP contribution in [0.15, 0.2) is 97.2 Å². The molecule has 83 heavy (non-hydrogen) atoms. The standard InChI is InChI=1S/C77H134O6/c1-4-7-10-13-16-19-22-25-27-29-31-33-35-36-37-38-39-40-42-43-45-47-49-52-55-58-61-64-67-70-76(79)82-73-74(72-81-75(78)69-66-63-60-57-54-51-24-21-18-15-12-9-6-3)83-77(80)71-68-65-62-59-56-53-50-48-46-44-41-34-32-30-28-26-23-20-17-14-11-8-5-2/h9,12,18,21,23,26,29-32,41,44,51,54,60,63,74H,4-8,10-11,13-17,19-20,22,24-25,27-28,33-40,42-43,45-50,52-53,55-59,61-62,64-73H2,1-3H3/b12-9-,21-18-,26-23-,31-29-,32-30-,44-41-,54-51-,63-60-. The molecule has 0 radical (unpaired) electrons. The van der Waals surface area contributed by atoms with Gasteiger partial charge in [0.05, 0.1) is 0 Å². The van der Waals surface area contributed by atoms with Crippen molar-refractivity contribution in [3.63, 3.8) is 0 Å². The molecule has 1 unspecified atom stereocenters. The molecule has 0 aromatic rings. The maximum Gasteiger partial charge on any atom is 0.306 e. The SMILES string of the molecule is CC/C=C\C/C=C\C/C=C\C/C=C\CCC(=O)OCC(COC(=O)CCCCCCCCCCCCCCCCCCC/C=C\CCCCCCCCCC)OC(=O)CCCCCCCCCC/C=C\C/C=C\C/C=C\CCCCCCC. The van der Waals surface area contributed by atoms with Gasteiger partial charge < -0.3 is 14.2 Å². The van der Waals surface area contributed by atoms with Crippen LogP contribution in [0.1, 0.15) is 355 Å². The quantitative estimate of drug-likeness (QED) is 0.0261. The smallest absolute Gasteiger partial charge is 0.306 e. The molecule has 0 saturated carbocycles. The molecule has 478 valence electrons. The number of carbonyl (C=O) groups is 3. The topological polar surface area (TPSA) is 78.9 Å². The normalized spacial score (nSPS) is 12.7. The predicted molar refractivity (Wildman–Crippen MR) is 362 cm³/mol. The van der Waals surface area contributed by atoms with E-state index >= 15 is 0 Å². The predicted octanol–water partition coefficient (Wildman–Crippen LogP) is 24.8. The molecule has 0 heterocycles. The molecule has 6 heteroatoms. The van der Waals surface area contributed by atoms with Crippen LogP contribution in [0, 0.1) is 0 Å². The molecular weight excluding hydrogens is 1020 g/mol. The van der Waals surface area contributed by atoms with Crippen molar-refractivity contribution in [1.29, 1.82) is 0 Å². The van der Waals surface area contributed by atoms with Crippen LogP contribution in [-0.2, 0) is 28.6 Å². The summed E-state index contributed by atoms with van der Waals surface area (Å²) in [6.07, 6.45) is 96.1. The fourth-order valence-corrected chi connectivity index (χ4v) is 10.2. The van der Waals surface area contributed by atoms with Gasteiger partial charge in [-0.05, 0) is 109 Å². The summed E-state index contributed by atoms with van der Waals surface area (Å²) in [4.78, 5) is 38.4. The number of rotatable bonds is 65. The molecule has 0 aliphatic rings. The average molecular weight is 1160 g/mol. The van der Waals surface area contributed by atoms with Crippen molar-refractivity contribution in [3.8, 4) is 0 Å². The first kappa shape index (κ1) is 79.3. The lowest BCUT2D eigenvalue weighted by Crippen LogP contribution is -2.30. The second-order valence-corrected chi connectivity index (χ2v) is 23.8. The molecule has 0 rings (SSSR count). The zero-order valence-corrected chi connectivity index (χ0v) is 54.9. The monoisotopic (exact) mass is 1160 g/mol. The highest BCUT2D eigenvalue weighted by Crippen LogP contribution is 2.17. The third-order valence-electron chi connectivity index (χ3n) is 15.6. The fraction of sp³-hybridized carbons (Fsp3) is 0.753. The number of ether oxygens (including phenoxy) is 3. The van der Waals surface area contributed by atoms with E-state index in [4.69, 9.17) is 14.2 Å². The van der Waals surface area contributed by atoms with E-state index in [1.807, 2.05) is 6.08 Å². The van der Waals surface area contributed by atoms with Crippen LogP contribution >= 0.6 is 0 Å². The van der Waals surface area contributed by atoms with Crippen LogP contribution in [-0.4, -0.2) is 37.2 Å². The fourth-order valence-electron chi connectivity index (χ4n) is 10.2. The Labute approximate surface area is 515 Å². The lowest BCUT2D eigenvalue weighted by atomic mass is 10.0. The number of esters is 3. The lowest BCUT2D eigenvalue weighted by Gasteiger charge is -2.18. The molecule has 0 aromatic carbocycles. The Morgan fingerprint density at radius 2 is 0.494 bits per heavy atom. The average Bonchev–Trinajstić information content (AvgIpc) is 3.49. The third-order valence-corrected chi connectivity index (χ3v) is 15.6. The maximum absolute atomic E-state index is 12.9. The highest BCUT2D eigenvalue weighted by Gasteiger charge is 2.19. The van der Waals surface area contributed by atoms with Crippen molar-refractivity contribution in [1.82, 2.24) is 0 Å². The molecule has 0 saturated heterocycles. The van der Waals surface area contributed by atoms with Crippen molar-refractivity contribution in [3.05, 3.63) is 97.2 Å². The summed E-state index contributed by atoms with van der Waals surface area (Å²) < 4.78 is 16.9. The first-order chi connectivity index (χ1) is 41.0. The largest absolute Gasteiger partial charge is 0.462 e. The van der Waals surface area contributed by atoms with Gasteiger partial charge in [0.1, 0.15) is 13.2 Å². The summed E-state index contributed by atoms with van der Waals surface area (Å²) in [5.74, 6) is -0.979. The summed E-state index contributed by atoms with van der Waals surface area (Å²) in [5.41, 5.74) is 0. The van der Waals surface area contributed by atoms with Gasteiger partial charge in [-0.3, -0.25) is 14.4 Å². The van der Waals surface area contributed by atoms with E-state index in [0.29, 0.717) is 19.3 Å². The van der Waals surface area contributed by atoms with Crippen LogP contribution in [0.5, 0.6) is 0 Å². The van der Waals surface area contributed by atoms with Crippen LogP contribution in [0.3, 0.4) is 0 Å². The zero-order valence-electron chi connectivity index (χ0n) is 54.9. The molecule has 0 aliphatic heterocycles. The van der Waals surface area contributed by atoms with E-state index in [1.54, 1.807) is 0 Å². The van der Waals surface area contributed by atoms with Gasteiger partial charge in [0, 0.05) is 19.3 Å². The van der Waals surface area contributed by atoms with E-state index in [0.717, 1.165) is 83.5 Å². The molecule has 0 fully saturated rings. The van der Waals surface area contributed by atoms with E-state index in [-0.39, 0.29) is 37.5 Å². The van der Waals surface area contributed by atoms with Crippen LogP contribution < -0.4 is 0 Å². The summed E-state index contributed by atoms with van der Waals surface area (Å²) in [5, 5.41) is 0. The zero-order chi connectivity index (χ0) is 59.9. The van der Waals surface area contributed by atoms with E-state index in [2.05, 4.69) is 112 Å². The van der Waals surface area contributed by atoms with Gasteiger partial charge >= 0.3 is 17.9 Å². The summed E-state index contributed by atoms with van der Waals surface area (Å²) >= 11 is 0. The maximum atomic E-state index is 12.9. The van der Waals surface area contributed by atoms with Crippen LogP contribution in [0.4, 0.5) is 0 Å². The van der Waals surface area contributed by atoms with Crippen molar-refractivity contribution < 1.29 is 28.6 Å². The number of hydrogen-bond donors (Lipinski definition) is 0. The van der Waals surface area contributed by atoms with Crippen molar-refractivity contribution in [2.45, 2.75) is 361 Å². The Hall–Kier alpha value is -3.67. The van der Waals surface area contributed by atoms with Gasteiger partial charge in [0.2, 0.25) is 0 Å². The van der Waals surface area contributed by atoms with Crippen molar-refractivity contribution >= 4 is 17.9 Å². The van der Waals surface area contributed by atoms with E-state index in [1.165, 1.54) is 225 Å². The molecule has 0 spiro atoms. The number of allylic oxidation sites excluding steroid dienone is 16. The van der Waals surface area contributed by atoms with Crippen molar-refractivity contribution in [2.24, 2.45) is 0 Å². The minimum Gasteiger partial charge on any atom is -0.462 e. The van der Waals surface area contributed by atoms with Gasteiger partial charge in [-0.2, -0.15) is 0 Å². The van der Waals surface area contributed by atoms with Gasteiger partial charge in [-0.15, -0.1) is 0 Å². The van der Waals surface area contributed by atoms with Gasteiger partial charge in [0.15, 0.2) is 6.10 Å². The Kier molecular flexibility index (Phi) is 67.7. The third kappa shape index (κ3) is 69.0. The second-order valence-electron chi connectivity index (χ2n) is 23.8. The molecule has 0 aromatic heterocycles. The Morgan fingerprint density at radius 1 is 0.253 bits per heavy atom. The van der Waals surface area contributed by atoms with Gasteiger partial charge in [-0.1, -0.05) is 323 Å². The Morgan fingerprint density at radius 3 is 0.819 bits per heavy atom. The molecule has 0 N–H and O–H groups in total. The minimum absolute atomic E-state index is 0.101. The van der Waals surface area contributed by atoms with Crippen LogP contribution in [0.2, 0.25) is 0 Å².